The van der Waals surface area contributed by atoms with Gasteiger partial charge < -0.3 is 15.0 Å². The molecule has 0 spiro atoms. The van der Waals surface area contributed by atoms with Crippen LogP contribution in [0, 0.1) is 0 Å². The molecule has 1 aromatic rings. The van der Waals surface area contributed by atoms with E-state index in [4.69, 9.17) is 4.74 Å². The highest BCUT2D eigenvalue weighted by atomic mass is 16.5. The van der Waals surface area contributed by atoms with Gasteiger partial charge in [0.05, 0.1) is 12.1 Å². The molecular formula is C14H22N4O. The van der Waals surface area contributed by atoms with Gasteiger partial charge in [-0.1, -0.05) is 0 Å². The number of nitrogens with one attached hydrogen (secondary N) is 1. The van der Waals surface area contributed by atoms with E-state index in [2.05, 4.69) is 27.1 Å². The summed E-state index contributed by atoms with van der Waals surface area (Å²) in [7, 11) is 2.05. The lowest BCUT2D eigenvalue weighted by Gasteiger charge is -2.26. The van der Waals surface area contributed by atoms with Crippen LogP contribution in [0.5, 0.6) is 0 Å². The van der Waals surface area contributed by atoms with Gasteiger partial charge in [0.15, 0.2) is 0 Å². The molecule has 104 valence electrons. The first-order valence-electron chi connectivity index (χ1n) is 7.13. The fourth-order valence-corrected chi connectivity index (χ4v) is 2.55. The van der Waals surface area contributed by atoms with Crippen molar-refractivity contribution >= 4 is 5.95 Å². The van der Waals surface area contributed by atoms with Crippen LogP contribution in [0.4, 0.5) is 5.95 Å². The number of ether oxygens (including phenoxy) is 1. The highest BCUT2D eigenvalue weighted by Gasteiger charge is 2.29. The maximum Gasteiger partial charge on any atom is 0.225 e. The zero-order chi connectivity index (χ0) is 13.2. The number of anilines is 1. The van der Waals surface area contributed by atoms with Gasteiger partial charge in [0.1, 0.15) is 0 Å². The van der Waals surface area contributed by atoms with Crippen LogP contribution in [0.15, 0.2) is 12.4 Å². The molecule has 5 nitrogen and oxygen atoms in total. The van der Waals surface area contributed by atoms with E-state index >= 15 is 0 Å². The van der Waals surface area contributed by atoms with Crippen molar-refractivity contribution in [1.82, 2.24) is 15.3 Å². The average molecular weight is 262 g/mol. The summed E-state index contributed by atoms with van der Waals surface area (Å²) in [5.41, 5.74) is 1.15. The Labute approximate surface area is 114 Å². The molecule has 1 aliphatic heterocycles. The predicted octanol–water partition coefficient (Wildman–Crippen LogP) is 1.34. The number of likely N-dealkylation sites (N-methyl/N-ethyl adjacent to an activating group) is 1. The molecule has 0 amide bonds. The second-order valence-corrected chi connectivity index (χ2v) is 5.59. The van der Waals surface area contributed by atoms with Crippen molar-refractivity contribution in [2.75, 3.05) is 18.6 Å². The molecule has 2 atom stereocenters. The molecular weight excluding hydrogens is 240 g/mol. The molecule has 2 heterocycles. The molecule has 0 aromatic carbocycles. The van der Waals surface area contributed by atoms with Crippen molar-refractivity contribution < 1.29 is 4.74 Å². The molecule has 0 bridgehead atoms. The molecule has 1 aromatic heterocycles. The summed E-state index contributed by atoms with van der Waals surface area (Å²) in [5, 5.41) is 3.47. The van der Waals surface area contributed by atoms with Crippen LogP contribution >= 0.6 is 0 Å². The molecule has 5 heteroatoms. The third-order valence-electron chi connectivity index (χ3n) is 4.01. The lowest BCUT2D eigenvalue weighted by Crippen LogP contribution is -2.37. The van der Waals surface area contributed by atoms with Crippen LogP contribution in [0.25, 0.3) is 0 Å². The summed E-state index contributed by atoms with van der Waals surface area (Å²) in [6.45, 7) is 3.82. The van der Waals surface area contributed by atoms with Gasteiger partial charge in [0.25, 0.3) is 0 Å². The predicted molar refractivity (Wildman–Crippen MR) is 74.1 cm³/mol. The van der Waals surface area contributed by atoms with Gasteiger partial charge in [-0.25, -0.2) is 9.97 Å². The van der Waals surface area contributed by atoms with Crippen molar-refractivity contribution in [2.24, 2.45) is 0 Å². The van der Waals surface area contributed by atoms with Crippen molar-refractivity contribution in [3.8, 4) is 0 Å². The van der Waals surface area contributed by atoms with Gasteiger partial charge in [-0.2, -0.15) is 0 Å². The van der Waals surface area contributed by atoms with E-state index in [1.807, 2.05) is 19.4 Å². The van der Waals surface area contributed by atoms with Crippen LogP contribution in [-0.4, -0.2) is 41.8 Å². The smallest absolute Gasteiger partial charge is 0.225 e. The van der Waals surface area contributed by atoms with E-state index in [0.717, 1.165) is 37.1 Å². The number of hydrogen-bond acceptors (Lipinski definition) is 5. The summed E-state index contributed by atoms with van der Waals surface area (Å²) < 4.78 is 5.60. The molecule has 1 N–H and O–H groups in total. The van der Waals surface area contributed by atoms with E-state index in [9.17, 15) is 0 Å². The minimum absolute atomic E-state index is 0.254. The van der Waals surface area contributed by atoms with Crippen LogP contribution in [-0.2, 0) is 11.3 Å². The Morgan fingerprint density at radius 2 is 2.05 bits per heavy atom. The standard InChI is InChI=1S/C14H22N4O/c1-10-13(5-6-19-10)18(2)14-16-8-11(9-17-14)7-15-12-3-4-12/h8-10,12-13,15H,3-7H2,1-2H3. The maximum atomic E-state index is 5.60. The van der Waals surface area contributed by atoms with E-state index in [0.29, 0.717) is 6.04 Å². The quantitative estimate of drug-likeness (QED) is 0.868. The highest BCUT2D eigenvalue weighted by Crippen LogP contribution is 2.22. The van der Waals surface area contributed by atoms with Crippen molar-refractivity contribution in [3.05, 3.63) is 18.0 Å². The minimum atomic E-state index is 0.254. The van der Waals surface area contributed by atoms with Gasteiger partial charge in [0.2, 0.25) is 5.95 Å². The first-order chi connectivity index (χ1) is 9.24. The minimum Gasteiger partial charge on any atom is -0.376 e. The van der Waals surface area contributed by atoms with Crippen molar-refractivity contribution in [3.63, 3.8) is 0 Å². The van der Waals surface area contributed by atoms with Gasteiger partial charge in [0, 0.05) is 44.2 Å². The second-order valence-electron chi connectivity index (χ2n) is 5.59. The Kier molecular flexibility index (Phi) is 3.66. The summed E-state index contributed by atoms with van der Waals surface area (Å²) in [6.07, 6.45) is 7.77. The van der Waals surface area contributed by atoms with E-state index in [-0.39, 0.29) is 6.10 Å². The van der Waals surface area contributed by atoms with Gasteiger partial charge >= 0.3 is 0 Å². The normalized spacial score (nSPS) is 26.6. The largest absolute Gasteiger partial charge is 0.376 e. The second kappa shape index (κ2) is 5.43. The summed E-state index contributed by atoms with van der Waals surface area (Å²) >= 11 is 0. The number of aromatic nitrogens is 2. The third-order valence-corrected chi connectivity index (χ3v) is 4.01. The molecule has 1 aliphatic carbocycles. The molecule has 2 unspecified atom stereocenters. The van der Waals surface area contributed by atoms with Crippen LogP contribution < -0.4 is 10.2 Å². The lowest BCUT2D eigenvalue weighted by atomic mass is 10.1. The number of hydrogen-bond donors (Lipinski definition) is 1. The zero-order valence-electron chi connectivity index (χ0n) is 11.7. The summed E-state index contributed by atoms with van der Waals surface area (Å²) in [4.78, 5) is 11.1. The average Bonchev–Trinajstić information content (AvgIpc) is 3.17. The Balaban J connectivity index is 1.60. The highest BCUT2D eigenvalue weighted by molar-refractivity contribution is 5.31. The Hall–Kier alpha value is -1.20. The van der Waals surface area contributed by atoms with E-state index in [1.54, 1.807) is 0 Å². The van der Waals surface area contributed by atoms with Gasteiger partial charge in [-0.15, -0.1) is 0 Å². The first kappa shape index (κ1) is 12.8. The van der Waals surface area contributed by atoms with Crippen LogP contribution in [0.1, 0.15) is 31.7 Å². The molecule has 1 saturated heterocycles. The molecule has 0 radical (unpaired) electrons. The third kappa shape index (κ3) is 3.04. The Morgan fingerprint density at radius 3 is 2.63 bits per heavy atom. The number of nitrogens with zero attached hydrogens (tertiary/aromatic N) is 3. The van der Waals surface area contributed by atoms with Crippen molar-refractivity contribution in [2.45, 2.75) is 50.9 Å². The van der Waals surface area contributed by atoms with Gasteiger partial charge in [-0.05, 0) is 26.2 Å². The van der Waals surface area contributed by atoms with E-state index in [1.165, 1.54) is 12.8 Å². The fourth-order valence-electron chi connectivity index (χ4n) is 2.55. The summed E-state index contributed by atoms with van der Waals surface area (Å²) in [6, 6.07) is 1.11. The van der Waals surface area contributed by atoms with Crippen LogP contribution in [0.3, 0.4) is 0 Å². The maximum absolute atomic E-state index is 5.60. The lowest BCUT2D eigenvalue weighted by molar-refractivity contribution is 0.118. The topological polar surface area (TPSA) is 50.3 Å². The van der Waals surface area contributed by atoms with Crippen molar-refractivity contribution in [1.29, 1.82) is 0 Å². The summed E-state index contributed by atoms with van der Waals surface area (Å²) in [5.74, 6) is 0.789. The van der Waals surface area contributed by atoms with Crippen LogP contribution in [0.2, 0.25) is 0 Å². The first-order valence-corrected chi connectivity index (χ1v) is 7.13. The SMILES string of the molecule is CC1OCCC1N(C)c1ncc(CNC2CC2)cn1. The molecule has 2 fully saturated rings. The fraction of sp³-hybridized carbons (Fsp3) is 0.714. The monoisotopic (exact) mass is 262 g/mol. The van der Waals surface area contributed by atoms with E-state index < -0.39 is 0 Å². The Morgan fingerprint density at radius 1 is 1.32 bits per heavy atom. The molecule has 1 saturated carbocycles. The zero-order valence-corrected chi connectivity index (χ0v) is 11.7. The molecule has 3 rings (SSSR count). The molecule has 2 aliphatic rings. The number of rotatable bonds is 5. The molecule has 19 heavy (non-hydrogen) atoms. The Bertz CT molecular complexity index is 418. The van der Waals surface area contributed by atoms with Gasteiger partial charge in [-0.3, -0.25) is 0 Å².